The fraction of sp³-hybridized carbons (Fsp3) is 0.135. The summed E-state index contributed by atoms with van der Waals surface area (Å²) in [6.07, 6.45) is -4.46. The average molecular weight is 677 g/mol. The first-order valence-corrected chi connectivity index (χ1v) is 15.4. The van der Waals surface area contributed by atoms with Crippen LogP contribution >= 0.6 is 0 Å². The predicted octanol–water partition coefficient (Wildman–Crippen LogP) is 3.96. The monoisotopic (exact) mass is 676 g/mol. The van der Waals surface area contributed by atoms with Gasteiger partial charge in [0.25, 0.3) is 12.2 Å². The molecular weight excluding hydrogens is 647 g/mol. The number of nitrogens with one attached hydrogen (secondary N) is 1. The largest absolute Gasteiger partial charge is 0.459 e. The molecule has 1 N–H and O–H groups in total. The molecule has 13 nitrogen and oxygen atoms in total. The maximum atomic E-state index is 13.3. The van der Waals surface area contributed by atoms with E-state index in [1.165, 1.54) is 36.5 Å². The van der Waals surface area contributed by atoms with E-state index in [0.29, 0.717) is 10.3 Å². The van der Waals surface area contributed by atoms with E-state index in [4.69, 9.17) is 23.8 Å². The zero-order valence-corrected chi connectivity index (χ0v) is 26.2. The summed E-state index contributed by atoms with van der Waals surface area (Å²) in [5.41, 5.74) is 0.0335. The average Bonchev–Trinajstić information content (AvgIpc) is 3.47. The van der Waals surface area contributed by atoms with Crippen molar-refractivity contribution in [3.05, 3.63) is 166 Å². The Hall–Kier alpha value is -6.60. The molecular formula is C37H29N3O10. The van der Waals surface area contributed by atoms with E-state index in [-0.39, 0.29) is 22.5 Å². The molecule has 1 amide bonds. The highest BCUT2D eigenvalue weighted by atomic mass is 16.9. The molecule has 1 fully saturated rings. The summed E-state index contributed by atoms with van der Waals surface area (Å²) in [6.45, 7) is -0.447. The Morgan fingerprint density at radius 2 is 1.12 bits per heavy atom. The predicted molar refractivity (Wildman–Crippen MR) is 176 cm³/mol. The lowest BCUT2D eigenvalue weighted by molar-refractivity contribution is -0.175. The molecule has 2 heterocycles. The third kappa shape index (κ3) is 8.09. The molecule has 0 saturated carbocycles. The molecule has 50 heavy (non-hydrogen) atoms. The van der Waals surface area contributed by atoms with Gasteiger partial charge in [0, 0.05) is 11.6 Å². The topological polar surface area (TPSA) is 161 Å². The van der Waals surface area contributed by atoms with E-state index >= 15 is 0 Å². The van der Waals surface area contributed by atoms with Gasteiger partial charge in [-0.3, -0.25) is 4.79 Å². The second-order valence-electron chi connectivity index (χ2n) is 10.8. The maximum absolute atomic E-state index is 13.3. The van der Waals surface area contributed by atoms with E-state index < -0.39 is 60.7 Å². The standard InChI is InChI=1S/C37H29N3O10/c41-32(24-13-5-1-6-14-24)38-29-21-22-40(37(45)39-29)50-36-31(49-35(44)27-19-11-4-12-20-27)30(48-34(43)26-17-9-3-10-18-26)28(47-36)23-46-33(42)25-15-7-2-8-16-25/h1-22,28,30-31,36H,23H2,(H,38,39,41,45)/t28-,30-,31-,36+/m1/s1/i36+1. The summed E-state index contributed by atoms with van der Waals surface area (Å²) in [7, 11) is 0. The van der Waals surface area contributed by atoms with Crippen LogP contribution in [0.4, 0.5) is 5.82 Å². The molecule has 0 unspecified atom stereocenters. The second kappa shape index (κ2) is 15.5. The lowest BCUT2D eigenvalue weighted by Crippen LogP contribution is -2.46. The van der Waals surface area contributed by atoms with Crippen LogP contribution in [0.25, 0.3) is 0 Å². The van der Waals surface area contributed by atoms with E-state index in [1.54, 1.807) is 97.1 Å². The molecule has 1 saturated heterocycles. The van der Waals surface area contributed by atoms with E-state index in [1.807, 2.05) is 0 Å². The first-order chi connectivity index (χ1) is 24.4. The number of carbonyl (C=O) groups is 4. The Kier molecular flexibility index (Phi) is 10.3. The Balaban J connectivity index is 1.28. The van der Waals surface area contributed by atoms with Crippen LogP contribution < -0.4 is 15.8 Å². The van der Waals surface area contributed by atoms with E-state index in [2.05, 4.69) is 10.3 Å². The molecule has 252 valence electrons. The first kappa shape index (κ1) is 33.3. The Morgan fingerprint density at radius 1 is 0.640 bits per heavy atom. The van der Waals surface area contributed by atoms with Crippen LogP contribution in [-0.2, 0) is 18.9 Å². The van der Waals surface area contributed by atoms with Gasteiger partial charge >= 0.3 is 23.6 Å². The fourth-order valence-corrected chi connectivity index (χ4v) is 4.96. The minimum absolute atomic E-state index is 0.0523. The number of hydrogen-bond acceptors (Lipinski definition) is 11. The Bertz CT molecular complexity index is 2010. The number of anilines is 1. The molecule has 0 radical (unpaired) electrons. The zero-order chi connectivity index (χ0) is 34.9. The van der Waals surface area contributed by atoms with Crippen molar-refractivity contribution in [3.63, 3.8) is 0 Å². The number of amides is 1. The summed E-state index contributed by atoms with van der Waals surface area (Å²) in [6, 6.07) is 34.0. The smallest absolute Gasteiger partial charge is 0.382 e. The third-order valence-corrected chi connectivity index (χ3v) is 7.43. The normalized spacial score (nSPS) is 18.0. The lowest BCUT2D eigenvalue weighted by Gasteiger charge is -2.24. The van der Waals surface area contributed by atoms with Crippen LogP contribution in [0, 0.1) is 0 Å². The molecule has 5 aromatic rings. The molecule has 1 aromatic heterocycles. The van der Waals surface area contributed by atoms with Crippen molar-refractivity contribution in [1.82, 2.24) is 9.71 Å². The van der Waals surface area contributed by atoms with E-state index in [0.717, 1.165) is 0 Å². The van der Waals surface area contributed by atoms with Crippen molar-refractivity contribution in [1.29, 1.82) is 0 Å². The highest BCUT2D eigenvalue weighted by Crippen LogP contribution is 2.29. The van der Waals surface area contributed by atoms with Crippen molar-refractivity contribution < 1.29 is 43.0 Å². The van der Waals surface area contributed by atoms with Crippen LogP contribution in [0.3, 0.4) is 0 Å². The Labute approximate surface area is 284 Å². The number of benzene rings is 4. The summed E-state index contributed by atoms with van der Waals surface area (Å²) in [4.78, 5) is 74.8. The minimum atomic E-state index is -1.57. The molecule has 0 bridgehead atoms. The number of rotatable bonds is 11. The number of aromatic nitrogens is 2. The SMILES string of the molecule is O=C(Nc1ccn(O[13C@@H]2O[C@H](COC(=O)c3ccccc3)[C@@H](OC(=O)c3ccccc3)[C@H]2OC(=O)c2ccccc2)c(=O)n1)c1ccccc1. The summed E-state index contributed by atoms with van der Waals surface area (Å²) < 4.78 is 23.9. The highest BCUT2D eigenvalue weighted by molar-refractivity contribution is 6.03. The summed E-state index contributed by atoms with van der Waals surface area (Å²) in [5, 5.41) is 2.54. The molecule has 1 aliphatic heterocycles. The van der Waals surface area contributed by atoms with Crippen LogP contribution in [0.5, 0.6) is 0 Å². The molecule has 0 spiro atoms. The molecule has 4 aromatic carbocycles. The Morgan fingerprint density at radius 3 is 1.64 bits per heavy atom. The highest BCUT2D eigenvalue weighted by Gasteiger charge is 2.52. The van der Waals surface area contributed by atoms with Gasteiger partial charge in [-0.1, -0.05) is 72.8 Å². The van der Waals surface area contributed by atoms with Gasteiger partial charge in [-0.05, 0) is 48.5 Å². The van der Waals surface area contributed by atoms with Gasteiger partial charge in [0.1, 0.15) is 18.5 Å². The lowest BCUT2D eigenvalue weighted by atomic mass is 10.1. The third-order valence-electron chi connectivity index (χ3n) is 7.43. The number of hydrogen-bond donors (Lipinski definition) is 1. The molecule has 6 rings (SSSR count). The van der Waals surface area contributed by atoms with Crippen molar-refractivity contribution in [2.24, 2.45) is 0 Å². The van der Waals surface area contributed by atoms with Crippen molar-refractivity contribution in [3.8, 4) is 0 Å². The van der Waals surface area contributed by atoms with Gasteiger partial charge in [-0.2, -0.15) is 4.98 Å². The van der Waals surface area contributed by atoms with Gasteiger partial charge < -0.3 is 29.1 Å². The quantitative estimate of drug-likeness (QED) is 0.123. The van der Waals surface area contributed by atoms with Gasteiger partial charge in [0.15, 0.2) is 6.10 Å². The van der Waals surface area contributed by atoms with Crippen molar-refractivity contribution >= 4 is 29.6 Å². The summed E-state index contributed by atoms with van der Waals surface area (Å²) in [5.74, 6) is -2.81. The van der Waals surface area contributed by atoms with Gasteiger partial charge in [-0.25, -0.2) is 19.2 Å². The van der Waals surface area contributed by atoms with Crippen molar-refractivity contribution in [2.75, 3.05) is 11.9 Å². The maximum Gasteiger partial charge on any atom is 0.382 e. The van der Waals surface area contributed by atoms with Crippen LogP contribution in [0.15, 0.2) is 138 Å². The van der Waals surface area contributed by atoms with Crippen molar-refractivity contribution in [2.45, 2.75) is 24.6 Å². The number of carbonyl (C=O) groups excluding carboxylic acids is 4. The van der Waals surface area contributed by atoms with Crippen LogP contribution in [0.1, 0.15) is 41.4 Å². The second-order valence-corrected chi connectivity index (χ2v) is 10.8. The number of esters is 3. The molecule has 13 heteroatoms. The molecule has 1 aliphatic rings. The minimum Gasteiger partial charge on any atom is -0.459 e. The molecule has 0 aliphatic carbocycles. The van der Waals surface area contributed by atoms with Crippen LogP contribution in [0.2, 0.25) is 0 Å². The zero-order valence-electron chi connectivity index (χ0n) is 26.2. The van der Waals surface area contributed by atoms with Gasteiger partial charge in [0.2, 0.25) is 6.10 Å². The fourth-order valence-electron chi connectivity index (χ4n) is 4.96. The summed E-state index contributed by atoms with van der Waals surface area (Å²) >= 11 is 0. The van der Waals surface area contributed by atoms with E-state index in [9.17, 15) is 24.0 Å². The first-order valence-electron chi connectivity index (χ1n) is 15.4. The van der Waals surface area contributed by atoms with Gasteiger partial charge in [0.05, 0.1) is 22.9 Å². The molecule has 4 atom stereocenters. The van der Waals surface area contributed by atoms with Crippen LogP contribution in [-0.4, -0.2) is 64.7 Å². The number of nitrogens with zero attached hydrogens (tertiary/aromatic N) is 2. The van der Waals surface area contributed by atoms with Gasteiger partial charge in [-0.15, -0.1) is 4.73 Å². The number of ether oxygens (including phenoxy) is 4.